The molecule has 0 atom stereocenters. The number of guanidine groups is 1. The van der Waals surface area contributed by atoms with Crippen LogP contribution in [-0.4, -0.2) is 24.0 Å². The Balaban J connectivity index is 2.33. The third kappa shape index (κ3) is 7.15. The van der Waals surface area contributed by atoms with Gasteiger partial charge >= 0.3 is 0 Å². The van der Waals surface area contributed by atoms with Crippen molar-refractivity contribution < 1.29 is 0 Å². The topological polar surface area (TPSA) is 49.3 Å². The van der Waals surface area contributed by atoms with E-state index in [1.165, 1.54) is 30.6 Å². The monoisotopic (exact) mass is 282 g/mol. The highest BCUT2D eigenvalue weighted by molar-refractivity contribution is 7.11. The van der Waals surface area contributed by atoms with Gasteiger partial charge in [-0.1, -0.05) is 26.2 Å². The average molecular weight is 282 g/mol. The first-order chi connectivity index (χ1) is 9.26. The van der Waals surface area contributed by atoms with E-state index < -0.39 is 0 Å². The molecule has 0 unspecified atom stereocenters. The minimum Gasteiger partial charge on any atom is -0.357 e. The fraction of sp³-hybridized carbons (Fsp3) is 0.714. The molecule has 1 heterocycles. The fourth-order valence-electron chi connectivity index (χ4n) is 1.72. The molecule has 5 heteroatoms. The maximum atomic E-state index is 4.56. The van der Waals surface area contributed by atoms with Crippen LogP contribution in [0, 0.1) is 6.92 Å². The van der Waals surface area contributed by atoms with E-state index in [2.05, 4.69) is 41.4 Å². The standard InChI is InChI=1S/C14H26N4S/c1-4-6-7-8-9-16-14(15-5-2)18-11-13-17-10-12(3)19-13/h10H,4-9,11H2,1-3H3,(H2,15,16,18). The van der Waals surface area contributed by atoms with E-state index in [1.54, 1.807) is 11.3 Å². The Morgan fingerprint density at radius 2 is 2.11 bits per heavy atom. The zero-order chi connectivity index (χ0) is 13.9. The van der Waals surface area contributed by atoms with Crippen LogP contribution in [0.1, 0.15) is 49.4 Å². The van der Waals surface area contributed by atoms with E-state index in [0.29, 0.717) is 6.54 Å². The molecule has 1 rings (SSSR count). The number of nitrogens with zero attached hydrogens (tertiary/aromatic N) is 2. The van der Waals surface area contributed by atoms with Gasteiger partial charge in [0, 0.05) is 24.2 Å². The minimum absolute atomic E-state index is 0.656. The molecule has 2 N–H and O–H groups in total. The van der Waals surface area contributed by atoms with Crippen molar-refractivity contribution in [3.05, 3.63) is 16.1 Å². The number of rotatable bonds is 8. The summed E-state index contributed by atoms with van der Waals surface area (Å²) < 4.78 is 0. The molecule has 0 saturated carbocycles. The molecule has 0 radical (unpaired) electrons. The normalized spacial score (nSPS) is 11.6. The zero-order valence-corrected chi connectivity index (χ0v) is 13.1. The van der Waals surface area contributed by atoms with Gasteiger partial charge in [0.05, 0.1) is 6.54 Å². The Morgan fingerprint density at radius 3 is 2.74 bits per heavy atom. The SMILES string of the molecule is CCCCCCNC(=NCc1ncc(C)s1)NCC. The van der Waals surface area contributed by atoms with Gasteiger partial charge in [-0.3, -0.25) is 0 Å². The first kappa shape index (κ1) is 16.0. The molecule has 0 bridgehead atoms. The zero-order valence-electron chi connectivity index (χ0n) is 12.3. The summed E-state index contributed by atoms with van der Waals surface area (Å²) in [5.74, 6) is 0.895. The summed E-state index contributed by atoms with van der Waals surface area (Å²) in [6.45, 7) is 8.92. The molecule has 0 aliphatic rings. The van der Waals surface area contributed by atoms with Gasteiger partial charge in [-0.25, -0.2) is 9.98 Å². The van der Waals surface area contributed by atoms with Crippen molar-refractivity contribution in [1.29, 1.82) is 0 Å². The quantitative estimate of drug-likeness (QED) is 0.437. The predicted molar refractivity (Wildman–Crippen MR) is 83.8 cm³/mol. The maximum Gasteiger partial charge on any atom is 0.191 e. The largest absolute Gasteiger partial charge is 0.357 e. The van der Waals surface area contributed by atoms with Crippen LogP contribution in [0.5, 0.6) is 0 Å². The van der Waals surface area contributed by atoms with Crippen molar-refractivity contribution in [3.63, 3.8) is 0 Å². The molecular formula is C14H26N4S. The van der Waals surface area contributed by atoms with Gasteiger partial charge < -0.3 is 10.6 Å². The second-order valence-electron chi connectivity index (χ2n) is 4.55. The van der Waals surface area contributed by atoms with Gasteiger partial charge in [-0.15, -0.1) is 11.3 Å². The number of aliphatic imine (C=N–C) groups is 1. The lowest BCUT2D eigenvalue weighted by Crippen LogP contribution is -2.37. The lowest BCUT2D eigenvalue weighted by atomic mass is 10.2. The van der Waals surface area contributed by atoms with Crippen molar-refractivity contribution in [2.24, 2.45) is 4.99 Å². The molecule has 0 fully saturated rings. The van der Waals surface area contributed by atoms with E-state index in [-0.39, 0.29) is 0 Å². The van der Waals surface area contributed by atoms with Crippen LogP contribution >= 0.6 is 11.3 Å². The van der Waals surface area contributed by atoms with E-state index in [9.17, 15) is 0 Å². The van der Waals surface area contributed by atoms with E-state index in [1.807, 2.05) is 6.20 Å². The highest BCUT2D eigenvalue weighted by Gasteiger charge is 2.00. The van der Waals surface area contributed by atoms with Gasteiger partial charge in [-0.05, 0) is 20.3 Å². The van der Waals surface area contributed by atoms with Crippen molar-refractivity contribution in [2.45, 2.75) is 53.0 Å². The van der Waals surface area contributed by atoms with Gasteiger partial charge in [0.15, 0.2) is 5.96 Å². The minimum atomic E-state index is 0.656. The molecule has 19 heavy (non-hydrogen) atoms. The van der Waals surface area contributed by atoms with Crippen molar-refractivity contribution in [3.8, 4) is 0 Å². The summed E-state index contributed by atoms with van der Waals surface area (Å²) in [6, 6.07) is 0. The van der Waals surface area contributed by atoms with Crippen LogP contribution in [0.4, 0.5) is 0 Å². The van der Waals surface area contributed by atoms with Crippen molar-refractivity contribution in [1.82, 2.24) is 15.6 Å². The number of nitrogens with one attached hydrogen (secondary N) is 2. The van der Waals surface area contributed by atoms with Crippen molar-refractivity contribution in [2.75, 3.05) is 13.1 Å². The summed E-state index contributed by atoms with van der Waals surface area (Å²) >= 11 is 1.71. The second-order valence-corrected chi connectivity index (χ2v) is 5.87. The highest BCUT2D eigenvalue weighted by Crippen LogP contribution is 2.11. The third-order valence-electron chi connectivity index (χ3n) is 2.71. The third-order valence-corrected chi connectivity index (χ3v) is 3.61. The molecule has 1 aromatic rings. The molecule has 108 valence electrons. The van der Waals surface area contributed by atoms with Crippen LogP contribution in [0.25, 0.3) is 0 Å². The molecule has 0 spiro atoms. The van der Waals surface area contributed by atoms with Crippen LogP contribution in [0.3, 0.4) is 0 Å². The molecule has 0 aromatic carbocycles. The number of aryl methyl sites for hydroxylation is 1. The first-order valence-electron chi connectivity index (χ1n) is 7.19. The summed E-state index contributed by atoms with van der Waals surface area (Å²) in [4.78, 5) is 10.1. The smallest absolute Gasteiger partial charge is 0.191 e. The summed E-state index contributed by atoms with van der Waals surface area (Å²) in [6.07, 6.45) is 6.98. The first-order valence-corrected chi connectivity index (χ1v) is 8.01. The number of aromatic nitrogens is 1. The molecule has 4 nitrogen and oxygen atoms in total. The average Bonchev–Trinajstić information content (AvgIpc) is 2.81. The Morgan fingerprint density at radius 1 is 1.26 bits per heavy atom. The van der Waals surface area contributed by atoms with Crippen LogP contribution in [-0.2, 0) is 6.54 Å². The highest BCUT2D eigenvalue weighted by atomic mass is 32.1. The van der Waals surface area contributed by atoms with Gasteiger partial charge in [-0.2, -0.15) is 0 Å². The number of thiazole rings is 1. The van der Waals surface area contributed by atoms with Crippen molar-refractivity contribution >= 4 is 17.3 Å². The Bertz CT molecular complexity index is 373. The molecule has 0 amide bonds. The molecule has 1 aromatic heterocycles. The summed E-state index contributed by atoms with van der Waals surface area (Å²) in [7, 11) is 0. The van der Waals surface area contributed by atoms with Gasteiger partial charge in [0.1, 0.15) is 5.01 Å². The lowest BCUT2D eigenvalue weighted by Gasteiger charge is -2.10. The Hall–Kier alpha value is -1.10. The Kier molecular flexibility index (Phi) is 8.21. The fourth-order valence-corrected chi connectivity index (χ4v) is 2.43. The number of hydrogen-bond acceptors (Lipinski definition) is 3. The summed E-state index contributed by atoms with van der Waals surface area (Å²) in [5, 5.41) is 7.71. The maximum absolute atomic E-state index is 4.56. The molecule has 0 aliphatic heterocycles. The van der Waals surface area contributed by atoms with Gasteiger partial charge in [0.25, 0.3) is 0 Å². The number of hydrogen-bond donors (Lipinski definition) is 2. The predicted octanol–water partition coefficient (Wildman–Crippen LogP) is 3.09. The van der Waals surface area contributed by atoms with E-state index in [4.69, 9.17) is 0 Å². The molecule has 0 saturated heterocycles. The molecular weight excluding hydrogens is 256 g/mol. The number of unbranched alkanes of at least 4 members (excludes halogenated alkanes) is 3. The van der Waals surface area contributed by atoms with Gasteiger partial charge in [0.2, 0.25) is 0 Å². The van der Waals surface area contributed by atoms with E-state index >= 15 is 0 Å². The second kappa shape index (κ2) is 9.78. The molecule has 0 aliphatic carbocycles. The van der Waals surface area contributed by atoms with Crippen LogP contribution in [0.2, 0.25) is 0 Å². The lowest BCUT2D eigenvalue weighted by molar-refractivity contribution is 0.647. The summed E-state index contributed by atoms with van der Waals surface area (Å²) in [5.41, 5.74) is 0. The Labute approximate surface area is 120 Å². The van der Waals surface area contributed by atoms with Crippen LogP contribution in [0.15, 0.2) is 11.2 Å². The van der Waals surface area contributed by atoms with E-state index in [0.717, 1.165) is 24.1 Å². The van der Waals surface area contributed by atoms with Crippen LogP contribution < -0.4 is 10.6 Å².